The Bertz CT molecular complexity index is 499. The van der Waals surface area contributed by atoms with Gasteiger partial charge in [-0.1, -0.05) is 17.3 Å². The van der Waals surface area contributed by atoms with E-state index in [2.05, 4.69) is 5.16 Å². The molecule has 0 heterocycles. The average molecular weight is 318 g/mol. The normalized spacial score (nSPS) is 10.5. The molecule has 1 aromatic rings. The number of oxime groups is 1. The Morgan fingerprint density at radius 2 is 1.81 bits per heavy atom. The number of rotatable bonds is 6. The van der Waals surface area contributed by atoms with Crippen LogP contribution in [0.25, 0.3) is 0 Å². The number of phenolic OH excluding ortho intramolecular Hbond substituents is 1. The molecule has 0 saturated carbocycles. The van der Waals surface area contributed by atoms with E-state index in [9.17, 15) is 9.59 Å². The molecule has 0 aromatic heterocycles. The van der Waals surface area contributed by atoms with Crippen molar-refractivity contribution in [3.63, 3.8) is 0 Å². The van der Waals surface area contributed by atoms with Gasteiger partial charge in [-0.2, -0.15) is 0 Å². The van der Waals surface area contributed by atoms with Gasteiger partial charge in [-0.15, -0.1) is 0 Å². The van der Waals surface area contributed by atoms with Gasteiger partial charge in [0, 0.05) is 0 Å². The van der Waals surface area contributed by atoms with E-state index in [0.29, 0.717) is 17.9 Å². The van der Waals surface area contributed by atoms with Gasteiger partial charge in [0.2, 0.25) is 0 Å². The fraction of sp³-hybridized carbons (Fsp3) is 0.357. The Hall–Kier alpha value is -0.734. The van der Waals surface area contributed by atoms with E-state index in [-0.39, 0.29) is 70.0 Å². The molecule has 6 nitrogen and oxygen atoms in total. The fourth-order valence-electron chi connectivity index (χ4n) is 1.39. The second-order valence-electron chi connectivity index (χ2n) is 4.11. The van der Waals surface area contributed by atoms with Crippen molar-refractivity contribution in [3.8, 4) is 5.75 Å². The van der Waals surface area contributed by atoms with Crippen LogP contribution < -0.4 is 51.4 Å². The summed E-state index contributed by atoms with van der Waals surface area (Å²) in [4.78, 5) is 27.4. The number of nitrogens with zero attached hydrogens (tertiary/aromatic N) is 1. The standard InChI is InChI=1S/C14H17NO5.K/c1-3-19-13(17)8-10(2)15-20-14(18)9-11-4-6-12(16)7-5-11;/h4-7,16H,3,8-9H2,1-2H3;/q;+1/b15-10+;. The van der Waals surface area contributed by atoms with Crippen LogP contribution in [0.4, 0.5) is 0 Å². The first-order valence-corrected chi connectivity index (χ1v) is 6.18. The molecule has 0 atom stereocenters. The summed E-state index contributed by atoms with van der Waals surface area (Å²) in [7, 11) is 0. The summed E-state index contributed by atoms with van der Waals surface area (Å²) in [5, 5.41) is 12.7. The third-order valence-electron chi connectivity index (χ3n) is 2.29. The maximum Gasteiger partial charge on any atom is 1.00 e. The fourth-order valence-corrected chi connectivity index (χ4v) is 1.39. The summed E-state index contributed by atoms with van der Waals surface area (Å²) in [6.07, 6.45) is 0.0246. The molecule has 0 aliphatic rings. The molecule has 0 saturated heterocycles. The van der Waals surface area contributed by atoms with Crippen LogP contribution in [0.1, 0.15) is 25.8 Å². The molecular formula is C14H17KNO5+. The van der Waals surface area contributed by atoms with Gasteiger partial charge in [-0.25, -0.2) is 4.79 Å². The largest absolute Gasteiger partial charge is 1.00 e. The van der Waals surface area contributed by atoms with Crippen LogP contribution in [0.3, 0.4) is 0 Å². The van der Waals surface area contributed by atoms with Gasteiger partial charge >= 0.3 is 63.3 Å². The van der Waals surface area contributed by atoms with Crippen LogP contribution in [0.15, 0.2) is 29.4 Å². The average Bonchev–Trinajstić information content (AvgIpc) is 2.39. The molecule has 0 fully saturated rings. The molecular weight excluding hydrogens is 301 g/mol. The van der Waals surface area contributed by atoms with Crippen LogP contribution in [0.5, 0.6) is 5.75 Å². The Labute approximate surface area is 165 Å². The maximum atomic E-state index is 11.5. The summed E-state index contributed by atoms with van der Waals surface area (Å²) >= 11 is 0. The molecule has 1 aromatic carbocycles. The van der Waals surface area contributed by atoms with Gasteiger partial charge in [0.05, 0.1) is 25.2 Å². The van der Waals surface area contributed by atoms with Crippen LogP contribution in [0, 0.1) is 0 Å². The van der Waals surface area contributed by atoms with Crippen molar-refractivity contribution < 1.29 is 75.7 Å². The van der Waals surface area contributed by atoms with Gasteiger partial charge in [0.25, 0.3) is 0 Å². The third-order valence-corrected chi connectivity index (χ3v) is 2.29. The van der Waals surface area contributed by atoms with E-state index >= 15 is 0 Å². The molecule has 0 radical (unpaired) electrons. The number of carbonyl (C=O) groups is 2. The molecule has 0 spiro atoms. The van der Waals surface area contributed by atoms with Crippen LogP contribution in [-0.4, -0.2) is 29.4 Å². The zero-order valence-electron chi connectivity index (χ0n) is 12.5. The number of carbonyl (C=O) groups excluding carboxylic acids is 2. The summed E-state index contributed by atoms with van der Waals surface area (Å²) in [5.74, 6) is -0.826. The first-order chi connectivity index (χ1) is 9.51. The number of hydrogen-bond acceptors (Lipinski definition) is 6. The Kier molecular flexibility index (Phi) is 10.5. The molecule has 0 unspecified atom stereocenters. The van der Waals surface area contributed by atoms with Crippen molar-refractivity contribution in [1.82, 2.24) is 0 Å². The molecule has 0 bridgehead atoms. The van der Waals surface area contributed by atoms with E-state index in [4.69, 9.17) is 14.7 Å². The predicted molar refractivity (Wildman–Crippen MR) is 72.3 cm³/mol. The Balaban J connectivity index is 0.00000400. The summed E-state index contributed by atoms with van der Waals surface area (Å²) in [5.41, 5.74) is 1.06. The summed E-state index contributed by atoms with van der Waals surface area (Å²) in [6.45, 7) is 3.58. The number of aromatic hydroxyl groups is 1. The molecule has 0 amide bonds. The van der Waals surface area contributed by atoms with E-state index in [1.165, 1.54) is 12.1 Å². The van der Waals surface area contributed by atoms with Gasteiger partial charge in [-0.3, -0.25) is 4.79 Å². The second kappa shape index (κ2) is 10.9. The number of phenols is 1. The SMILES string of the molecule is CCOC(=O)C/C(C)=N/OC(=O)Cc1ccc(O)cc1.[K+]. The molecule has 7 heteroatoms. The number of benzene rings is 1. The zero-order valence-corrected chi connectivity index (χ0v) is 15.6. The zero-order chi connectivity index (χ0) is 15.0. The number of ether oxygens (including phenoxy) is 1. The first-order valence-electron chi connectivity index (χ1n) is 6.18. The van der Waals surface area contributed by atoms with Crippen molar-refractivity contribution in [2.75, 3.05) is 6.61 Å². The van der Waals surface area contributed by atoms with Gasteiger partial charge in [0.15, 0.2) is 0 Å². The minimum absolute atomic E-state index is 0. The number of esters is 1. The van der Waals surface area contributed by atoms with E-state index in [1.807, 2.05) is 0 Å². The molecule has 0 aliphatic heterocycles. The summed E-state index contributed by atoms with van der Waals surface area (Å²) in [6, 6.07) is 6.20. The van der Waals surface area contributed by atoms with Crippen molar-refractivity contribution in [1.29, 1.82) is 0 Å². The minimum atomic E-state index is -0.543. The number of hydrogen-bond donors (Lipinski definition) is 1. The smallest absolute Gasteiger partial charge is 0.508 e. The quantitative estimate of drug-likeness (QED) is 0.234. The van der Waals surface area contributed by atoms with Crippen molar-refractivity contribution >= 4 is 17.7 Å². The summed E-state index contributed by atoms with van der Waals surface area (Å²) < 4.78 is 4.74. The topological polar surface area (TPSA) is 85.2 Å². The minimum Gasteiger partial charge on any atom is -0.508 e. The van der Waals surface area contributed by atoms with Gasteiger partial charge < -0.3 is 14.7 Å². The Morgan fingerprint density at radius 1 is 1.19 bits per heavy atom. The van der Waals surface area contributed by atoms with Crippen LogP contribution >= 0.6 is 0 Å². The molecule has 1 rings (SSSR count). The molecule has 0 aliphatic carbocycles. The van der Waals surface area contributed by atoms with Crippen LogP contribution in [-0.2, 0) is 25.6 Å². The Morgan fingerprint density at radius 3 is 2.38 bits per heavy atom. The third kappa shape index (κ3) is 9.00. The van der Waals surface area contributed by atoms with Gasteiger partial charge in [-0.05, 0) is 31.5 Å². The van der Waals surface area contributed by atoms with Crippen molar-refractivity contribution in [2.24, 2.45) is 5.16 Å². The van der Waals surface area contributed by atoms with E-state index in [1.54, 1.807) is 26.0 Å². The van der Waals surface area contributed by atoms with E-state index < -0.39 is 11.9 Å². The van der Waals surface area contributed by atoms with Crippen molar-refractivity contribution in [3.05, 3.63) is 29.8 Å². The molecule has 108 valence electrons. The molecule has 21 heavy (non-hydrogen) atoms. The first kappa shape index (κ1) is 20.3. The monoisotopic (exact) mass is 318 g/mol. The predicted octanol–water partition coefficient (Wildman–Crippen LogP) is -1.19. The van der Waals surface area contributed by atoms with Crippen LogP contribution in [0.2, 0.25) is 0 Å². The molecule has 1 N–H and O–H groups in total. The van der Waals surface area contributed by atoms with E-state index in [0.717, 1.165) is 0 Å². The van der Waals surface area contributed by atoms with Gasteiger partial charge in [0.1, 0.15) is 5.75 Å². The maximum absolute atomic E-state index is 11.5. The van der Waals surface area contributed by atoms with Crippen molar-refractivity contribution in [2.45, 2.75) is 26.7 Å². The second-order valence-corrected chi connectivity index (χ2v) is 4.11.